The number of hydrogen-bond acceptors (Lipinski definition) is 5. The summed E-state index contributed by atoms with van der Waals surface area (Å²) in [5, 5.41) is 3.14. The van der Waals surface area contributed by atoms with Gasteiger partial charge in [-0.1, -0.05) is 0 Å². The third kappa shape index (κ3) is 2.79. The number of likely N-dealkylation sites (tertiary alicyclic amines) is 1. The maximum atomic E-state index is 12.6. The van der Waals surface area contributed by atoms with Crippen LogP contribution in [0.4, 0.5) is 0 Å². The standard InChI is InChI=1S/C21H28N4O3/c1-13-8-15(14(2)27-13)20(26)23-9-16-17-10-25(11-19-22-6-7-24(19)3)12-21(17)5-4-18(16)28-21/h6-8,16-18H,4-5,9-12H2,1-3H3,(H,23,26)/t16-,17+,18+,21+/m0/s1. The Hall–Kier alpha value is -2.12. The molecule has 4 atom stereocenters. The lowest BCUT2D eigenvalue weighted by molar-refractivity contribution is 0.00188. The van der Waals surface area contributed by atoms with Gasteiger partial charge >= 0.3 is 0 Å². The third-order valence-corrected chi connectivity index (χ3v) is 6.92. The Labute approximate surface area is 165 Å². The number of rotatable bonds is 5. The highest BCUT2D eigenvalue weighted by atomic mass is 16.5. The molecular formula is C21H28N4O3. The fraction of sp³-hybridized carbons (Fsp3) is 0.619. The molecule has 2 aromatic rings. The van der Waals surface area contributed by atoms with Crippen molar-refractivity contribution in [3.05, 3.63) is 41.4 Å². The van der Waals surface area contributed by atoms with E-state index in [1.807, 2.05) is 39.4 Å². The number of imidazole rings is 1. The predicted octanol–water partition coefficient (Wildman–Crippen LogP) is 2.04. The van der Waals surface area contributed by atoms with Crippen molar-refractivity contribution in [3.8, 4) is 0 Å². The van der Waals surface area contributed by atoms with Gasteiger partial charge in [-0.15, -0.1) is 0 Å². The van der Waals surface area contributed by atoms with Crippen LogP contribution in [0.5, 0.6) is 0 Å². The van der Waals surface area contributed by atoms with E-state index in [0.29, 0.717) is 29.7 Å². The van der Waals surface area contributed by atoms with Gasteiger partial charge in [0.15, 0.2) is 0 Å². The molecule has 28 heavy (non-hydrogen) atoms. The highest BCUT2D eigenvalue weighted by Crippen LogP contribution is 2.54. The number of nitrogens with zero attached hydrogens (tertiary/aromatic N) is 3. The fourth-order valence-corrected chi connectivity index (χ4v) is 5.59. The van der Waals surface area contributed by atoms with Crippen LogP contribution in [0.1, 0.15) is 40.5 Å². The van der Waals surface area contributed by atoms with Crippen LogP contribution in [0.2, 0.25) is 0 Å². The summed E-state index contributed by atoms with van der Waals surface area (Å²) in [4.78, 5) is 19.5. The Morgan fingerprint density at radius 2 is 2.29 bits per heavy atom. The minimum absolute atomic E-state index is 0.0344. The number of aromatic nitrogens is 2. The van der Waals surface area contributed by atoms with E-state index >= 15 is 0 Å². The van der Waals surface area contributed by atoms with Crippen molar-refractivity contribution in [3.63, 3.8) is 0 Å². The van der Waals surface area contributed by atoms with Crippen LogP contribution in [0, 0.1) is 25.7 Å². The molecule has 0 radical (unpaired) electrons. The summed E-state index contributed by atoms with van der Waals surface area (Å²) in [6.07, 6.45) is 6.34. The van der Waals surface area contributed by atoms with Gasteiger partial charge in [-0.25, -0.2) is 4.98 Å². The number of nitrogens with one attached hydrogen (secondary N) is 1. The SMILES string of the molecule is Cc1cc(C(=O)NC[C@H]2[C@H]3CN(Cc4nccn4C)C[C@]34CC[C@H]2O4)c(C)o1. The molecule has 0 aliphatic carbocycles. The first-order valence-electron chi connectivity index (χ1n) is 10.2. The van der Waals surface area contributed by atoms with E-state index in [0.717, 1.165) is 44.1 Å². The number of ether oxygens (including phenoxy) is 1. The highest BCUT2D eigenvalue weighted by Gasteiger charge is 2.62. The second kappa shape index (κ2) is 6.46. The molecule has 3 saturated heterocycles. The molecule has 150 valence electrons. The minimum Gasteiger partial charge on any atom is -0.466 e. The molecule has 3 fully saturated rings. The normalized spacial score (nSPS) is 31.5. The van der Waals surface area contributed by atoms with E-state index in [4.69, 9.17) is 9.15 Å². The molecule has 2 bridgehead atoms. The molecule has 1 amide bonds. The van der Waals surface area contributed by atoms with Crippen molar-refractivity contribution in [2.45, 2.75) is 44.9 Å². The monoisotopic (exact) mass is 384 g/mol. The van der Waals surface area contributed by atoms with Crippen molar-refractivity contribution in [1.29, 1.82) is 0 Å². The molecule has 7 nitrogen and oxygen atoms in total. The number of amides is 1. The van der Waals surface area contributed by atoms with Crippen LogP contribution in [-0.4, -0.2) is 51.7 Å². The first kappa shape index (κ1) is 17.9. The van der Waals surface area contributed by atoms with Crippen molar-refractivity contribution in [2.75, 3.05) is 19.6 Å². The molecular weight excluding hydrogens is 356 g/mol. The zero-order valence-corrected chi connectivity index (χ0v) is 16.8. The summed E-state index contributed by atoms with van der Waals surface area (Å²) in [6.45, 7) is 7.19. The topological polar surface area (TPSA) is 72.5 Å². The van der Waals surface area contributed by atoms with Gasteiger partial charge in [0.1, 0.15) is 17.3 Å². The van der Waals surface area contributed by atoms with E-state index in [1.54, 1.807) is 0 Å². The van der Waals surface area contributed by atoms with Gasteiger partial charge in [-0.3, -0.25) is 9.69 Å². The first-order valence-corrected chi connectivity index (χ1v) is 10.2. The van der Waals surface area contributed by atoms with E-state index in [9.17, 15) is 4.79 Å². The summed E-state index contributed by atoms with van der Waals surface area (Å²) in [5.41, 5.74) is 0.604. The predicted molar refractivity (Wildman–Crippen MR) is 103 cm³/mol. The Kier molecular flexibility index (Phi) is 4.14. The zero-order chi connectivity index (χ0) is 19.5. The van der Waals surface area contributed by atoms with Gasteiger partial charge < -0.3 is 19.0 Å². The molecule has 1 N–H and O–H groups in total. The van der Waals surface area contributed by atoms with Crippen LogP contribution in [0.15, 0.2) is 22.9 Å². The quantitative estimate of drug-likeness (QED) is 0.854. The number of aryl methyl sites for hydroxylation is 3. The zero-order valence-electron chi connectivity index (χ0n) is 16.8. The largest absolute Gasteiger partial charge is 0.466 e. The van der Waals surface area contributed by atoms with Gasteiger partial charge in [-0.2, -0.15) is 0 Å². The van der Waals surface area contributed by atoms with Crippen LogP contribution in [0.3, 0.4) is 0 Å². The van der Waals surface area contributed by atoms with Gasteiger partial charge in [0.05, 0.1) is 23.8 Å². The molecule has 5 rings (SSSR count). The summed E-state index contributed by atoms with van der Waals surface area (Å²) in [6, 6.07) is 1.81. The Morgan fingerprint density at radius 3 is 3.00 bits per heavy atom. The molecule has 1 spiro atoms. The maximum Gasteiger partial charge on any atom is 0.254 e. The Morgan fingerprint density at radius 1 is 1.43 bits per heavy atom. The molecule has 0 aromatic carbocycles. The maximum absolute atomic E-state index is 12.6. The van der Waals surface area contributed by atoms with E-state index in [1.165, 1.54) is 0 Å². The summed E-state index contributed by atoms with van der Waals surface area (Å²) in [7, 11) is 2.04. The smallest absolute Gasteiger partial charge is 0.254 e. The van der Waals surface area contributed by atoms with Crippen molar-refractivity contribution in [2.24, 2.45) is 18.9 Å². The number of carbonyl (C=O) groups excluding carboxylic acids is 1. The second-order valence-electron chi connectivity index (χ2n) is 8.69. The average molecular weight is 384 g/mol. The number of furan rings is 1. The number of carbonyl (C=O) groups is 1. The van der Waals surface area contributed by atoms with Gasteiger partial charge in [-0.05, 0) is 32.8 Å². The Balaban J connectivity index is 1.26. The van der Waals surface area contributed by atoms with Gasteiger partial charge in [0, 0.05) is 50.9 Å². The summed E-state index contributed by atoms with van der Waals surface area (Å²) in [5.74, 6) is 3.33. The van der Waals surface area contributed by atoms with E-state index in [2.05, 4.69) is 19.8 Å². The number of hydrogen-bond donors (Lipinski definition) is 1. The average Bonchev–Trinajstić information content (AvgIpc) is 3.43. The third-order valence-electron chi connectivity index (χ3n) is 6.92. The van der Waals surface area contributed by atoms with Crippen LogP contribution >= 0.6 is 0 Å². The highest BCUT2D eigenvalue weighted by molar-refractivity contribution is 5.95. The fourth-order valence-electron chi connectivity index (χ4n) is 5.59. The van der Waals surface area contributed by atoms with Crippen LogP contribution in [-0.2, 0) is 18.3 Å². The second-order valence-corrected chi connectivity index (χ2v) is 8.69. The van der Waals surface area contributed by atoms with E-state index < -0.39 is 0 Å². The molecule has 7 heteroatoms. The summed E-state index contributed by atoms with van der Waals surface area (Å²) < 4.78 is 14.1. The molecule has 3 aliphatic heterocycles. The molecule has 0 unspecified atom stereocenters. The molecule has 5 heterocycles. The van der Waals surface area contributed by atoms with Crippen LogP contribution < -0.4 is 5.32 Å². The lowest BCUT2D eigenvalue weighted by Crippen LogP contribution is -2.41. The van der Waals surface area contributed by atoms with Crippen molar-refractivity contribution >= 4 is 5.91 Å². The molecule has 3 aliphatic rings. The van der Waals surface area contributed by atoms with E-state index in [-0.39, 0.29) is 17.6 Å². The molecule has 0 saturated carbocycles. The Bertz CT molecular complexity index is 903. The summed E-state index contributed by atoms with van der Waals surface area (Å²) >= 11 is 0. The number of fused-ring (bicyclic) bond motifs is 1. The van der Waals surface area contributed by atoms with Crippen molar-refractivity contribution in [1.82, 2.24) is 19.8 Å². The van der Waals surface area contributed by atoms with Gasteiger partial charge in [0.2, 0.25) is 0 Å². The van der Waals surface area contributed by atoms with Gasteiger partial charge in [0.25, 0.3) is 5.91 Å². The lowest BCUT2D eigenvalue weighted by atomic mass is 9.73. The van der Waals surface area contributed by atoms with Crippen molar-refractivity contribution < 1.29 is 13.9 Å². The lowest BCUT2D eigenvalue weighted by Gasteiger charge is -2.29. The van der Waals surface area contributed by atoms with Crippen LogP contribution in [0.25, 0.3) is 0 Å². The molecule has 2 aromatic heterocycles. The first-order chi connectivity index (χ1) is 13.4. The minimum atomic E-state index is -0.0472.